The Balaban J connectivity index is 0.000000561. The fourth-order valence-electron chi connectivity index (χ4n) is 1.81. The minimum absolute atomic E-state index is 0.322. The summed E-state index contributed by atoms with van der Waals surface area (Å²) in [7, 11) is 0. The Morgan fingerprint density at radius 2 is 1.68 bits per heavy atom. The first-order chi connectivity index (χ1) is 10.6. The largest absolute Gasteiger partial charge is 0.508 e. The molecular formula is C18H22BrNOS. The van der Waals surface area contributed by atoms with Crippen LogP contribution in [0.3, 0.4) is 0 Å². The van der Waals surface area contributed by atoms with E-state index in [1.54, 1.807) is 17.4 Å². The molecule has 0 aliphatic carbocycles. The lowest BCUT2D eigenvalue weighted by Gasteiger charge is -2.00. The number of fused-ring (bicyclic) bond motifs is 1. The van der Waals surface area contributed by atoms with Crippen LogP contribution in [0.25, 0.3) is 20.8 Å². The van der Waals surface area contributed by atoms with E-state index in [1.165, 1.54) is 0 Å². The Hall–Kier alpha value is -1.39. The van der Waals surface area contributed by atoms with Crippen molar-refractivity contribution in [2.75, 3.05) is 0 Å². The van der Waals surface area contributed by atoms with Crippen molar-refractivity contribution < 1.29 is 5.11 Å². The summed E-state index contributed by atoms with van der Waals surface area (Å²) >= 11 is 5.12. The molecule has 1 aromatic heterocycles. The van der Waals surface area contributed by atoms with Gasteiger partial charge in [-0.05, 0) is 48.9 Å². The van der Waals surface area contributed by atoms with Gasteiger partial charge in [-0.15, -0.1) is 11.3 Å². The number of aromatic nitrogens is 1. The first kappa shape index (κ1) is 18.7. The summed E-state index contributed by atoms with van der Waals surface area (Å²) in [5.74, 6) is 0.322. The molecule has 0 fully saturated rings. The molecule has 2 nitrogen and oxygen atoms in total. The topological polar surface area (TPSA) is 33.1 Å². The zero-order valence-corrected chi connectivity index (χ0v) is 16.0. The SMILES string of the molecule is CC.CC.Cc1cc(-c2nc3ccc(Br)cc3s2)ccc1O. The van der Waals surface area contributed by atoms with Gasteiger partial charge < -0.3 is 5.11 Å². The number of hydrogen-bond acceptors (Lipinski definition) is 3. The zero-order valence-electron chi connectivity index (χ0n) is 13.6. The molecule has 1 heterocycles. The molecular weight excluding hydrogens is 358 g/mol. The Kier molecular flexibility index (Phi) is 7.56. The molecule has 118 valence electrons. The van der Waals surface area contributed by atoms with Crippen LogP contribution < -0.4 is 0 Å². The Bertz CT molecular complexity index is 737. The van der Waals surface area contributed by atoms with Crippen LogP contribution in [0.4, 0.5) is 0 Å². The smallest absolute Gasteiger partial charge is 0.124 e. The molecule has 0 atom stereocenters. The Labute approximate surface area is 145 Å². The second kappa shape index (κ2) is 8.91. The maximum absolute atomic E-state index is 9.54. The molecule has 0 saturated heterocycles. The quantitative estimate of drug-likeness (QED) is 0.504. The van der Waals surface area contributed by atoms with E-state index in [-0.39, 0.29) is 0 Å². The molecule has 3 aromatic rings. The molecule has 22 heavy (non-hydrogen) atoms. The van der Waals surface area contributed by atoms with E-state index >= 15 is 0 Å². The Morgan fingerprint density at radius 1 is 1.00 bits per heavy atom. The summed E-state index contributed by atoms with van der Waals surface area (Å²) in [6.07, 6.45) is 0. The van der Waals surface area contributed by atoms with Gasteiger partial charge in [0.15, 0.2) is 0 Å². The third kappa shape index (κ3) is 4.31. The van der Waals surface area contributed by atoms with Gasteiger partial charge >= 0.3 is 0 Å². The van der Waals surface area contributed by atoms with E-state index in [0.29, 0.717) is 5.75 Å². The molecule has 0 amide bonds. The fraction of sp³-hybridized carbons (Fsp3) is 0.278. The number of phenols is 1. The van der Waals surface area contributed by atoms with Crippen molar-refractivity contribution >= 4 is 37.5 Å². The molecule has 0 saturated carbocycles. The molecule has 2 aromatic carbocycles. The summed E-state index contributed by atoms with van der Waals surface area (Å²) in [4.78, 5) is 4.61. The van der Waals surface area contributed by atoms with Crippen molar-refractivity contribution in [1.82, 2.24) is 4.98 Å². The monoisotopic (exact) mass is 379 g/mol. The molecule has 4 heteroatoms. The highest BCUT2D eigenvalue weighted by Crippen LogP contribution is 2.33. The van der Waals surface area contributed by atoms with E-state index in [2.05, 4.69) is 27.0 Å². The lowest BCUT2D eigenvalue weighted by Crippen LogP contribution is -1.79. The van der Waals surface area contributed by atoms with Crippen molar-refractivity contribution in [3.8, 4) is 16.3 Å². The molecule has 0 bridgehead atoms. The highest BCUT2D eigenvalue weighted by Gasteiger charge is 2.07. The van der Waals surface area contributed by atoms with Crippen LogP contribution in [0.5, 0.6) is 5.75 Å². The minimum Gasteiger partial charge on any atom is -0.508 e. The summed E-state index contributed by atoms with van der Waals surface area (Å²) in [5, 5.41) is 10.5. The number of nitrogens with zero attached hydrogens (tertiary/aromatic N) is 1. The van der Waals surface area contributed by atoms with E-state index in [1.807, 2.05) is 58.9 Å². The molecule has 0 radical (unpaired) electrons. The van der Waals surface area contributed by atoms with Crippen LogP contribution in [0.1, 0.15) is 33.3 Å². The molecule has 1 N–H and O–H groups in total. The van der Waals surface area contributed by atoms with Crippen LogP contribution in [0, 0.1) is 6.92 Å². The first-order valence-corrected chi connectivity index (χ1v) is 9.10. The van der Waals surface area contributed by atoms with Crippen molar-refractivity contribution in [1.29, 1.82) is 0 Å². The van der Waals surface area contributed by atoms with E-state index in [9.17, 15) is 5.11 Å². The van der Waals surface area contributed by atoms with Crippen LogP contribution >= 0.6 is 27.3 Å². The van der Waals surface area contributed by atoms with Gasteiger partial charge in [0.2, 0.25) is 0 Å². The normalized spacial score (nSPS) is 9.55. The van der Waals surface area contributed by atoms with Gasteiger partial charge in [0.05, 0.1) is 10.2 Å². The second-order valence-corrected chi connectivity index (χ2v) is 6.08. The summed E-state index contributed by atoms with van der Waals surface area (Å²) < 4.78 is 2.22. The Morgan fingerprint density at radius 3 is 2.32 bits per heavy atom. The van der Waals surface area contributed by atoms with Crippen molar-refractivity contribution in [2.45, 2.75) is 34.6 Å². The zero-order chi connectivity index (χ0) is 16.7. The first-order valence-electron chi connectivity index (χ1n) is 7.49. The predicted octanol–water partition coefficient (Wildman–Crippen LogP) is 6.79. The lowest BCUT2D eigenvalue weighted by atomic mass is 10.1. The van der Waals surface area contributed by atoms with E-state index in [0.717, 1.165) is 30.8 Å². The van der Waals surface area contributed by atoms with Gasteiger partial charge in [-0.3, -0.25) is 0 Å². The molecule has 0 unspecified atom stereocenters. The number of benzene rings is 2. The number of aryl methyl sites for hydroxylation is 1. The number of hydrogen-bond donors (Lipinski definition) is 1. The number of rotatable bonds is 1. The van der Waals surface area contributed by atoms with Crippen molar-refractivity contribution in [3.05, 3.63) is 46.4 Å². The standard InChI is InChI=1S/C14H10BrNOS.2C2H6/c1-8-6-9(2-5-12(8)17)14-16-11-4-3-10(15)7-13(11)18-14;2*1-2/h2-7,17H,1H3;2*1-2H3. The second-order valence-electron chi connectivity index (χ2n) is 4.13. The van der Waals surface area contributed by atoms with Gasteiger partial charge in [-0.2, -0.15) is 0 Å². The number of aromatic hydroxyl groups is 1. The maximum atomic E-state index is 9.54. The van der Waals surface area contributed by atoms with E-state index in [4.69, 9.17) is 0 Å². The van der Waals surface area contributed by atoms with Crippen LogP contribution in [0.2, 0.25) is 0 Å². The van der Waals surface area contributed by atoms with Gasteiger partial charge in [0, 0.05) is 10.0 Å². The average Bonchev–Trinajstić information content (AvgIpc) is 2.97. The molecule has 0 spiro atoms. The summed E-state index contributed by atoms with van der Waals surface area (Å²) in [6, 6.07) is 11.6. The van der Waals surface area contributed by atoms with Gasteiger partial charge in [0.25, 0.3) is 0 Å². The van der Waals surface area contributed by atoms with Gasteiger partial charge in [0.1, 0.15) is 10.8 Å². The van der Waals surface area contributed by atoms with Gasteiger partial charge in [-0.1, -0.05) is 43.6 Å². The van der Waals surface area contributed by atoms with Crippen molar-refractivity contribution in [3.63, 3.8) is 0 Å². The minimum atomic E-state index is 0.322. The summed E-state index contributed by atoms with van der Waals surface area (Å²) in [5.41, 5.74) is 2.92. The number of phenolic OH excluding ortho intramolecular Hbond substituents is 1. The van der Waals surface area contributed by atoms with Crippen LogP contribution in [-0.4, -0.2) is 10.1 Å². The number of thiazole rings is 1. The maximum Gasteiger partial charge on any atom is 0.124 e. The average molecular weight is 380 g/mol. The molecule has 3 rings (SSSR count). The highest BCUT2D eigenvalue weighted by atomic mass is 79.9. The third-order valence-electron chi connectivity index (χ3n) is 2.79. The van der Waals surface area contributed by atoms with Crippen LogP contribution in [-0.2, 0) is 0 Å². The van der Waals surface area contributed by atoms with Gasteiger partial charge in [-0.25, -0.2) is 4.98 Å². The van der Waals surface area contributed by atoms with E-state index < -0.39 is 0 Å². The highest BCUT2D eigenvalue weighted by molar-refractivity contribution is 9.10. The van der Waals surface area contributed by atoms with Crippen LogP contribution in [0.15, 0.2) is 40.9 Å². The number of halogens is 1. The van der Waals surface area contributed by atoms with Crippen molar-refractivity contribution in [2.24, 2.45) is 0 Å². The molecule has 0 aliphatic rings. The fourth-order valence-corrected chi connectivity index (χ4v) is 3.32. The third-order valence-corrected chi connectivity index (χ3v) is 4.35. The molecule has 0 aliphatic heterocycles. The predicted molar refractivity (Wildman–Crippen MR) is 102 cm³/mol. The lowest BCUT2D eigenvalue weighted by molar-refractivity contribution is 0.471. The summed E-state index contributed by atoms with van der Waals surface area (Å²) in [6.45, 7) is 9.89.